The Morgan fingerprint density at radius 2 is 2.30 bits per heavy atom. The van der Waals surface area contributed by atoms with Gasteiger partial charge < -0.3 is 20.1 Å². The van der Waals surface area contributed by atoms with E-state index in [-0.39, 0.29) is 17.7 Å². The van der Waals surface area contributed by atoms with E-state index in [1.54, 1.807) is 18.1 Å². The highest BCUT2D eigenvalue weighted by Crippen LogP contribution is 2.42. The summed E-state index contributed by atoms with van der Waals surface area (Å²) in [5, 5.41) is 0. The summed E-state index contributed by atoms with van der Waals surface area (Å²) in [5.74, 6) is -0.401. The molecule has 0 spiro atoms. The number of amides is 2. The molecule has 0 aromatic carbocycles. The topological polar surface area (TPSA) is 81.9 Å². The smallest absolute Gasteiger partial charge is 0.246 e. The van der Waals surface area contributed by atoms with Crippen LogP contribution in [0.1, 0.15) is 13.3 Å². The third-order valence-corrected chi connectivity index (χ3v) is 4.25. The molecule has 6 nitrogen and oxygen atoms in total. The van der Waals surface area contributed by atoms with Crippen LogP contribution in [0.4, 0.5) is 0 Å². The molecular weight excluding hydrogens is 260 g/mol. The van der Waals surface area contributed by atoms with Crippen molar-refractivity contribution in [3.05, 3.63) is 11.6 Å². The molecule has 0 aliphatic carbocycles. The number of carbonyl (C=O) groups is 2. The van der Waals surface area contributed by atoms with Gasteiger partial charge >= 0.3 is 0 Å². The van der Waals surface area contributed by atoms with Gasteiger partial charge in [-0.15, -0.1) is 0 Å². The van der Waals surface area contributed by atoms with Crippen molar-refractivity contribution in [1.29, 1.82) is 0 Å². The maximum absolute atomic E-state index is 12.2. The molecule has 2 rings (SSSR count). The minimum Gasteiger partial charge on any atom is -0.381 e. The molecule has 0 unspecified atom stereocenters. The summed E-state index contributed by atoms with van der Waals surface area (Å²) < 4.78 is 10.4. The van der Waals surface area contributed by atoms with Crippen LogP contribution in [0.5, 0.6) is 0 Å². The van der Waals surface area contributed by atoms with Gasteiger partial charge in [-0.05, 0) is 18.9 Å². The van der Waals surface area contributed by atoms with E-state index in [2.05, 4.69) is 0 Å². The lowest BCUT2D eigenvalue weighted by molar-refractivity contribution is -0.136. The fourth-order valence-electron chi connectivity index (χ4n) is 3.09. The van der Waals surface area contributed by atoms with E-state index in [1.165, 1.54) is 0 Å². The predicted molar refractivity (Wildman–Crippen MR) is 72.8 cm³/mol. The van der Waals surface area contributed by atoms with Gasteiger partial charge in [-0.3, -0.25) is 9.59 Å². The summed E-state index contributed by atoms with van der Waals surface area (Å²) in [4.78, 5) is 25.8. The summed E-state index contributed by atoms with van der Waals surface area (Å²) in [6, 6.07) is 0. The third kappa shape index (κ3) is 2.71. The second-order valence-corrected chi connectivity index (χ2v) is 5.68. The molecule has 2 atom stereocenters. The zero-order valence-corrected chi connectivity index (χ0v) is 12.1. The van der Waals surface area contributed by atoms with Crippen molar-refractivity contribution in [2.75, 3.05) is 40.0 Å². The molecule has 2 aliphatic heterocycles. The van der Waals surface area contributed by atoms with Gasteiger partial charge in [0.25, 0.3) is 0 Å². The highest BCUT2D eigenvalue weighted by Gasteiger charge is 2.53. The number of primary amides is 1. The number of likely N-dealkylation sites (tertiary alicyclic amines) is 1. The van der Waals surface area contributed by atoms with Crippen molar-refractivity contribution in [1.82, 2.24) is 4.90 Å². The van der Waals surface area contributed by atoms with Gasteiger partial charge in [-0.1, -0.05) is 0 Å². The lowest BCUT2D eigenvalue weighted by atomic mass is 9.74. The Bertz CT molecular complexity index is 435. The summed E-state index contributed by atoms with van der Waals surface area (Å²) in [5.41, 5.74) is 5.83. The molecular formula is C14H22N2O4. The first-order chi connectivity index (χ1) is 9.49. The van der Waals surface area contributed by atoms with Crippen LogP contribution in [0.15, 0.2) is 11.6 Å². The molecule has 2 amide bonds. The summed E-state index contributed by atoms with van der Waals surface area (Å²) in [6.45, 7) is 4.21. The van der Waals surface area contributed by atoms with E-state index in [9.17, 15) is 9.59 Å². The minimum absolute atomic E-state index is 0.00818. The van der Waals surface area contributed by atoms with Crippen molar-refractivity contribution < 1.29 is 19.1 Å². The Hall–Kier alpha value is -1.40. The highest BCUT2D eigenvalue weighted by molar-refractivity contribution is 5.90. The van der Waals surface area contributed by atoms with Gasteiger partial charge in [0.2, 0.25) is 11.8 Å². The number of hydrogen-bond acceptors (Lipinski definition) is 4. The number of methoxy groups -OCH3 is 1. The number of carbonyl (C=O) groups excluding carboxylic acids is 2. The van der Waals surface area contributed by atoms with Crippen LogP contribution in [-0.4, -0.2) is 56.7 Å². The van der Waals surface area contributed by atoms with Crippen LogP contribution >= 0.6 is 0 Å². The first-order valence-electron chi connectivity index (χ1n) is 6.82. The van der Waals surface area contributed by atoms with E-state index in [4.69, 9.17) is 15.2 Å². The minimum atomic E-state index is -0.614. The lowest BCUT2D eigenvalue weighted by Crippen LogP contribution is -2.48. The highest BCUT2D eigenvalue weighted by atomic mass is 16.5. The van der Waals surface area contributed by atoms with Crippen molar-refractivity contribution in [3.63, 3.8) is 0 Å². The van der Waals surface area contributed by atoms with Gasteiger partial charge in [-0.25, -0.2) is 0 Å². The first-order valence-corrected chi connectivity index (χ1v) is 6.82. The molecule has 6 heteroatoms. The normalized spacial score (nSPS) is 30.2. The quantitative estimate of drug-likeness (QED) is 0.732. The Balaban J connectivity index is 2.11. The average Bonchev–Trinajstić information content (AvgIpc) is 2.79. The van der Waals surface area contributed by atoms with Crippen molar-refractivity contribution in [2.45, 2.75) is 13.3 Å². The molecule has 0 radical (unpaired) electrons. The fraction of sp³-hybridized carbons (Fsp3) is 0.714. The molecule has 2 N–H and O–H groups in total. The van der Waals surface area contributed by atoms with Gasteiger partial charge in [0, 0.05) is 38.8 Å². The summed E-state index contributed by atoms with van der Waals surface area (Å²) >= 11 is 0. The van der Waals surface area contributed by atoms with Gasteiger partial charge in [0.05, 0.1) is 18.6 Å². The van der Waals surface area contributed by atoms with Crippen LogP contribution in [0.3, 0.4) is 0 Å². The number of hydrogen-bond donors (Lipinski definition) is 1. The molecule has 0 bridgehead atoms. The van der Waals surface area contributed by atoms with Crippen LogP contribution in [0.25, 0.3) is 0 Å². The molecule has 20 heavy (non-hydrogen) atoms. The van der Waals surface area contributed by atoms with E-state index in [0.717, 1.165) is 5.57 Å². The Kier molecular flexibility index (Phi) is 4.45. The maximum Gasteiger partial charge on any atom is 0.246 e. The van der Waals surface area contributed by atoms with Gasteiger partial charge in [0.1, 0.15) is 0 Å². The van der Waals surface area contributed by atoms with Gasteiger partial charge in [0.15, 0.2) is 0 Å². The maximum atomic E-state index is 12.2. The van der Waals surface area contributed by atoms with Crippen LogP contribution in [-0.2, 0) is 19.1 Å². The average molecular weight is 282 g/mol. The predicted octanol–water partition coefficient (Wildman–Crippen LogP) is -0.0705. The standard InChI is InChI=1S/C14H22N2O4/c1-10(7-19-2)5-12(17)16-6-11-8-20-4-3-14(11,9-16)13(15)18/h5,11H,3-4,6-9H2,1-2H3,(H2,15,18)/b10-5+/t11-,14+/m1/s1. The number of nitrogens with two attached hydrogens (primary N) is 1. The zero-order chi connectivity index (χ0) is 14.8. The second-order valence-electron chi connectivity index (χ2n) is 5.68. The molecule has 2 saturated heterocycles. The molecule has 0 aromatic rings. The van der Waals surface area contributed by atoms with E-state index >= 15 is 0 Å². The molecule has 112 valence electrons. The second kappa shape index (κ2) is 5.93. The monoisotopic (exact) mass is 282 g/mol. The van der Waals surface area contributed by atoms with Crippen LogP contribution < -0.4 is 5.73 Å². The van der Waals surface area contributed by atoms with Gasteiger partial charge in [-0.2, -0.15) is 0 Å². The van der Waals surface area contributed by atoms with Crippen molar-refractivity contribution in [3.8, 4) is 0 Å². The summed E-state index contributed by atoms with van der Waals surface area (Å²) in [6.07, 6.45) is 2.16. The van der Waals surface area contributed by atoms with Crippen LogP contribution in [0, 0.1) is 11.3 Å². The zero-order valence-electron chi connectivity index (χ0n) is 12.1. The van der Waals surface area contributed by atoms with E-state index in [1.807, 2.05) is 6.92 Å². The Morgan fingerprint density at radius 3 is 2.90 bits per heavy atom. The Labute approximate surface area is 118 Å². The number of rotatable bonds is 4. The number of ether oxygens (including phenoxy) is 2. The largest absolute Gasteiger partial charge is 0.381 e. The fourth-order valence-corrected chi connectivity index (χ4v) is 3.09. The van der Waals surface area contributed by atoms with Crippen LogP contribution in [0.2, 0.25) is 0 Å². The Morgan fingerprint density at radius 1 is 1.55 bits per heavy atom. The molecule has 2 fully saturated rings. The van der Waals surface area contributed by atoms with E-state index < -0.39 is 5.41 Å². The molecule has 2 aliphatic rings. The first kappa shape index (κ1) is 15.0. The van der Waals surface area contributed by atoms with Crippen molar-refractivity contribution >= 4 is 11.8 Å². The number of fused-ring (bicyclic) bond motifs is 1. The van der Waals surface area contributed by atoms with E-state index in [0.29, 0.717) is 39.3 Å². The number of nitrogens with zero attached hydrogens (tertiary/aromatic N) is 1. The molecule has 2 heterocycles. The van der Waals surface area contributed by atoms with Crippen molar-refractivity contribution in [2.24, 2.45) is 17.1 Å². The molecule has 0 saturated carbocycles. The molecule has 0 aromatic heterocycles. The lowest BCUT2D eigenvalue weighted by Gasteiger charge is -2.34. The summed E-state index contributed by atoms with van der Waals surface area (Å²) in [7, 11) is 1.59. The third-order valence-electron chi connectivity index (χ3n) is 4.25. The SMILES string of the molecule is COC/C(C)=C/C(=O)N1C[C@@H]2COCC[C@]2(C(N)=O)C1.